The number of alkyl halides is 3. The number of aryl methyl sites for hydroxylation is 2. The van der Waals surface area contributed by atoms with Crippen LogP contribution >= 0.6 is 0 Å². The first-order valence-electron chi connectivity index (χ1n) is 15.1. The summed E-state index contributed by atoms with van der Waals surface area (Å²) in [6.07, 6.45) is -4.95. The van der Waals surface area contributed by atoms with E-state index in [1.165, 1.54) is 9.87 Å². The standard InChI is InChI=1S/C33H42F3N3O6S/c1-21-16-22(20-30(2,3)4)8-9-23(21)10-15-46(43,44)38-13-11-32(12-14-38)28(41)39(29(42)45-31(5,6)7)27(37-32)24-17-25(33(34,35)36)19-26(40)18-24/h8-9,16-19,40H,10-15,20H2,1-7H3. The van der Waals surface area contributed by atoms with Crippen molar-refractivity contribution in [2.24, 2.45) is 10.4 Å². The predicted octanol–water partition coefficient (Wildman–Crippen LogP) is 6.24. The highest BCUT2D eigenvalue weighted by Gasteiger charge is 2.54. The summed E-state index contributed by atoms with van der Waals surface area (Å²) in [5.74, 6) is -2.10. The zero-order valence-electron chi connectivity index (χ0n) is 27.3. The van der Waals surface area contributed by atoms with Crippen LogP contribution < -0.4 is 0 Å². The molecule has 0 aliphatic carbocycles. The van der Waals surface area contributed by atoms with Gasteiger partial charge in [-0.1, -0.05) is 39.0 Å². The number of carbonyl (C=O) groups is 2. The highest BCUT2D eigenvalue weighted by molar-refractivity contribution is 7.89. The molecule has 1 saturated heterocycles. The molecule has 0 saturated carbocycles. The molecule has 1 fully saturated rings. The van der Waals surface area contributed by atoms with E-state index in [0.717, 1.165) is 23.6 Å². The maximum atomic E-state index is 13.8. The summed E-state index contributed by atoms with van der Waals surface area (Å²) < 4.78 is 74.2. The minimum atomic E-state index is -4.82. The quantitative estimate of drug-likeness (QED) is 0.391. The van der Waals surface area contributed by atoms with E-state index in [4.69, 9.17) is 4.74 Å². The molecule has 0 radical (unpaired) electrons. The largest absolute Gasteiger partial charge is 0.508 e. The number of carbonyl (C=O) groups excluding carboxylic acids is 2. The van der Waals surface area contributed by atoms with Crippen LogP contribution in [0.25, 0.3) is 0 Å². The predicted molar refractivity (Wildman–Crippen MR) is 168 cm³/mol. The first-order chi connectivity index (χ1) is 21.0. The fraction of sp³-hybridized carbons (Fsp3) is 0.545. The van der Waals surface area contributed by atoms with Crippen LogP contribution in [-0.4, -0.2) is 70.5 Å². The van der Waals surface area contributed by atoms with Crippen molar-refractivity contribution in [3.05, 3.63) is 64.2 Å². The number of halogens is 3. The van der Waals surface area contributed by atoms with Gasteiger partial charge in [-0.2, -0.15) is 18.1 Å². The number of sulfonamides is 1. The van der Waals surface area contributed by atoms with Gasteiger partial charge in [0.05, 0.1) is 11.3 Å². The summed E-state index contributed by atoms with van der Waals surface area (Å²) in [5, 5.41) is 10.1. The zero-order chi connectivity index (χ0) is 34.5. The third-order valence-corrected chi connectivity index (χ3v) is 9.80. The Morgan fingerprint density at radius 3 is 2.20 bits per heavy atom. The molecule has 0 atom stereocenters. The van der Waals surface area contributed by atoms with E-state index in [9.17, 15) is 36.3 Å². The van der Waals surface area contributed by atoms with Gasteiger partial charge in [-0.15, -0.1) is 0 Å². The molecular formula is C33H42F3N3O6S. The fourth-order valence-corrected chi connectivity index (χ4v) is 7.24. The molecule has 0 unspecified atom stereocenters. The second-order valence-corrected chi connectivity index (χ2v) is 16.4. The normalized spacial score (nSPS) is 17.8. The van der Waals surface area contributed by atoms with Crippen LogP contribution in [0.3, 0.4) is 0 Å². The number of aliphatic imine (C=N–C) groups is 1. The van der Waals surface area contributed by atoms with Gasteiger partial charge in [-0.05, 0) is 93.7 Å². The van der Waals surface area contributed by atoms with Crippen molar-refractivity contribution in [2.45, 2.75) is 91.5 Å². The molecule has 0 bridgehead atoms. The van der Waals surface area contributed by atoms with Crippen LogP contribution in [0.1, 0.15) is 82.2 Å². The number of amides is 2. The van der Waals surface area contributed by atoms with Gasteiger partial charge in [-0.25, -0.2) is 17.5 Å². The van der Waals surface area contributed by atoms with E-state index in [1.807, 2.05) is 19.1 Å². The van der Waals surface area contributed by atoms with Crippen molar-refractivity contribution < 1.29 is 41.0 Å². The van der Waals surface area contributed by atoms with E-state index < -0.39 is 56.5 Å². The molecule has 1 spiro atoms. The topological polar surface area (TPSA) is 117 Å². The van der Waals surface area contributed by atoms with Crippen molar-refractivity contribution >= 4 is 27.9 Å². The molecule has 252 valence electrons. The molecule has 2 aliphatic heterocycles. The lowest BCUT2D eigenvalue weighted by molar-refractivity contribution is -0.137. The van der Waals surface area contributed by atoms with Gasteiger partial charge in [0.25, 0.3) is 5.91 Å². The molecule has 2 heterocycles. The lowest BCUT2D eigenvalue weighted by Crippen LogP contribution is -2.53. The van der Waals surface area contributed by atoms with Crippen LogP contribution in [0, 0.1) is 12.3 Å². The van der Waals surface area contributed by atoms with E-state index in [0.29, 0.717) is 23.5 Å². The Labute approximate surface area is 268 Å². The van der Waals surface area contributed by atoms with E-state index in [2.05, 4.69) is 31.8 Å². The van der Waals surface area contributed by atoms with Crippen molar-refractivity contribution in [2.75, 3.05) is 18.8 Å². The summed E-state index contributed by atoms with van der Waals surface area (Å²) in [4.78, 5) is 32.1. The number of piperidine rings is 1. The number of rotatable bonds is 6. The van der Waals surface area contributed by atoms with Gasteiger partial charge in [0.2, 0.25) is 10.0 Å². The molecule has 2 amide bonds. The number of hydrogen-bond acceptors (Lipinski definition) is 7. The second kappa shape index (κ2) is 12.3. The average molecular weight is 666 g/mol. The van der Waals surface area contributed by atoms with Crippen LogP contribution in [-0.2, 0) is 38.6 Å². The Balaban J connectivity index is 1.56. The molecule has 13 heteroatoms. The van der Waals surface area contributed by atoms with Crippen LogP contribution in [0.2, 0.25) is 0 Å². The molecule has 2 aliphatic rings. The number of benzene rings is 2. The Morgan fingerprint density at radius 1 is 1.02 bits per heavy atom. The molecular weight excluding hydrogens is 623 g/mol. The smallest absolute Gasteiger partial charge is 0.423 e. The SMILES string of the molecule is Cc1cc(CC(C)(C)C)ccc1CCS(=O)(=O)N1CCC2(CC1)N=C(c1cc(O)cc(C(F)(F)F)c1)N(C(=O)OC(C)(C)C)C2=O. The van der Waals surface area contributed by atoms with Crippen molar-refractivity contribution in [1.82, 2.24) is 9.21 Å². The minimum absolute atomic E-state index is 0.0790. The number of hydrogen-bond donors (Lipinski definition) is 1. The fourth-order valence-electron chi connectivity index (χ4n) is 5.77. The number of nitrogens with zero attached hydrogens (tertiary/aromatic N) is 3. The van der Waals surface area contributed by atoms with Crippen molar-refractivity contribution in [3.8, 4) is 5.75 Å². The van der Waals surface area contributed by atoms with Crippen LogP contribution in [0.15, 0.2) is 41.4 Å². The maximum Gasteiger partial charge on any atom is 0.423 e. The van der Waals surface area contributed by atoms with Gasteiger partial charge in [0.15, 0.2) is 0 Å². The first kappa shape index (κ1) is 35.4. The van der Waals surface area contributed by atoms with E-state index in [1.54, 1.807) is 20.8 Å². The summed E-state index contributed by atoms with van der Waals surface area (Å²) in [6.45, 7) is 13.0. The summed E-state index contributed by atoms with van der Waals surface area (Å²) in [6, 6.07) is 8.27. The number of phenolic OH excluding ortho intramolecular Hbond substituents is 1. The maximum absolute atomic E-state index is 13.8. The molecule has 9 nitrogen and oxygen atoms in total. The van der Waals surface area contributed by atoms with E-state index in [-0.39, 0.29) is 42.7 Å². The van der Waals surface area contributed by atoms with Crippen molar-refractivity contribution in [1.29, 1.82) is 0 Å². The number of aromatic hydroxyl groups is 1. The van der Waals surface area contributed by atoms with Gasteiger partial charge < -0.3 is 9.84 Å². The Bertz CT molecular complexity index is 1650. The third kappa shape index (κ3) is 8.09. The third-order valence-electron chi connectivity index (χ3n) is 7.93. The molecule has 1 N–H and O–H groups in total. The Morgan fingerprint density at radius 2 is 1.65 bits per heavy atom. The summed E-state index contributed by atoms with van der Waals surface area (Å²) in [7, 11) is -3.74. The number of imide groups is 1. The van der Waals surface area contributed by atoms with Crippen LogP contribution in [0.4, 0.5) is 18.0 Å². The van der Waals surface area contributed by atoms with Crippen LogP contribution in [0.5, 0.6) is 5.75 Å². The average Bonchev–Trinajstić information content (AvgIpc) is 3.17. The monoisotopic (exact) mass is 665 g/mol. The minimum Gasteiger partial charge on any atom is -0.508 e. The first-order valence-corrected chi connectivity index (χ1v) is 16.8. The molecule has 0 aromatic heterocycles. The summed E-state index contributed by atoms with van der Waals surface area (Å²) in [5.41, 5.74) is -0.904. The van der Waals surface area contributed by atoms with Gasteiger partial charge >= 0.3 is 12.3 Å². The second-order valence-electron chi connectivity index (χ2n) is 14.3. The molecule has 4 rings (SSSR count). The number of amidine groups is 1. The summed E-state index contributed by atoms with van der Waals surface area (Å²) >= 11 is 0. The molecule has 2 aromatic carbocycles. The number of ether oxygens (including phenoxy) is 1. The van der Waals surface area contributed by atoms with Gasteiger partial charge in [0, 0.05) is 18.7 Å². The highest BCUT2D eigenvalue weighted by atomic mass is 32.2. The Hall–Kier alpha value is -3.45. The lowest BCUT2D eigenvalue weighted by atomic mass is 9.87. The lowest BCUT2D eigenvalue weighted by Gasteiger charge is -2.35. The van der Waals surface area contributed by atoms with Crippen molar-refractivity contribution in [3.63, 3.8) is 0 Å². The molecule has 2 aromatic rings. The highest BCUT2D eigenvalue weighted by Crippen LogP contribution is 2.39. The molecule has 46 heavy (non-hydrogen) atoms. The zero-order valence-corrected chi connectivity index (χ0v) is 28.1. The van der Waals surface area contributed by atoms with E-state index >= 15 is 0 Å². The van der Waals surface area contributed by atoms with Gasteiger partial charge in [-0.3, -0.25) is 9.79 Å². The number of phenols is 1. The van der Waals surface area contributed by atoms with Gasteiger partial charge in [0.1, 0.15) is 22.7 Å². The Kier molecular flexibility index (Phi) is 9.46.